The minimum Gasteiger partial charge on any atom is -0.454 e. The summed E-state index contributed by atoms with van der Waals surface area (Å²) in [5.74, 6) is 1.55. The van der Waals surface area contributed by atoms with Gasteiger partial charge in [-0.2, -0.15) is 0 Å². The maximum absolute atomic E-state index is 13.4. The second-order valence-electron chi connectivity index (χ2n) is 8.66. The molecular weight excluding hydrogens is 412 g/mol. The molecule has 1 unspecified atom stereocenters. The van der Waals surface area contributed by atoms with E-state index < -0.39 is 0 Å². The van der Waals surface area contributed by atoms with Crippen LogP contribution < -0.4 is 9.47 Å². The summed E-state index contributed by atoms with van der Waals surface area (Å²) in [6.45, 7) is 4.73. The summed E-state index contributed by atoms with van der Waals surface area (Å²) in [7, 11) is 0. The highest BCUT2D eigenvalue weighted by molar-refractivity contribution is 6.00. The molecule has 1 aromatic heterocycles. The highest BCUT2D eigenvalue weighted by atomic mass is 16.7. The third kappa shape index (κ3) is 3.11. The van der Waals surface area contributed by atoms with Gasteiger partial charge in [0.1, 0.15) is 0 Å². The average Bonchev–Trinajstić information content (AvgIpc) is 3.52. The zero-order chi connectivity index (χ0) is 22.5. The van der Waals surface area contributed by atoms with E-state index in [0.29, 0.717) is 6.54 Å². The van der Waals surface area contributed by atoms with Gasteiger partial charge >= 0.3 is 0 Å². The smallest absolute Gasteiger partial charge is 0.250 e. The molecule has 3 aromatic carbocycles. The zero-order valence-corrected chi connectivity index (χ0v) is 18.6. The van der Waals surface area contributed by atoms with Crippen molar-refractivity contribution in [1.82, 2.24) is 9.88 Å². The summed E-state index contributed by atoms with van der Waals surface area (Å²) in [6, 6.07) is 24.4. The second kappa shape index (κ2) is 7.55. The largest absolute Gasteiger partial charge is 0.454 e. The van der Waals surface area contributed by atoms with E-state index in [1.54, 1.807) is 0 Å². The van der Waals surface area contributed by atoms with Crippen LogP contribution >= 0.6 is 0 Å². The minimum atomic E-state index is -0.158. The maximum Gasteiger partial charge on any atom is 0.250 e. The molecular formula is C28H24N2O3. The van der Waals surface area contributed by atoms with Crippen LogP contribution in [-0.2, 0) is 11.3 Å². The fourth-order valence-corrected chi connectivity index (χ4v) is 4.99. The van der Waals surface area contributed by atoms with Gasteiger partial charge in [-0.15, -0.1) is 0 Å². The summed E-state index contributed by atoms with van der Waals surface area (Å²) in [4.78, 5) is 19.1. The van der Waals surface area contributed by atoms with Crippen LogP contribution in [-0.4, -0.2) is 22.6 Å². The van der Waals surface area contributed by atoms with Crippen molar-refractivity contribution in [2.45, 2.75) is 26.4 Å². The number of ether oxygens (including phenoxy) is 2. The molecule has 1 N–H and O–H groups in total. The van der Waals surface area contributed by atoms with Crippen LogP contribution in [0.4, 0.5) is 0 Å². The van der Waals surface area contributed by atoms with Gasteiger partial charge in [-0.25, -0.2) is 0 Å². The van der Waals surface area contributed by atoms with E-state index in [4.69, 9.17) is 9.47 Å². The number of nitrogens with zero attached hydrogens (tertiary/aromatic N) is 1. The number of para-hydroxylation sites is 1. The quantitative estimate of drug-likeness (QED) is 0.428. The summed E-state index contributed by atoms with van der Waals surface area (Å²) >= 11 is 0. The van der Waals surface area contributed by atoms with Gasteiger partial charge < -0.3 is 19.4 Å². The Morgan fingerprint density at radius 3 is 2.55 bits per heavy atom. The molecule has 33 heavy (non-hydrogen) atoms. The number of carbonyl (C=O) groups excluding carboxylic acids is 1. The minimum absolute atomic E-state index is 0.0689. The molecule has 2 aliphatic rings. The van der Waals surface area contributed by atoms with Crippen molar-refractivity contribution < 1.29 is 14.3 Å². The van der Waals surface area contributed by atoms with Crippen LogP contribution in [0.2, 0.25) is 0 Å². The third-order valence-electron chi connectivity index (χ3n) is 6.77. The molecule has 1 atom stereocenters. The van der Waals surface area contributed by atoms with Gasteiger partial charge in [0.25, 0.3) is 5.91 Å². The Morgan fingerprint density at radius 1 is 0.939 bits per heavy atom. The lowest BCUT2D eigenvalue weighted by molar-refractivity contribution is -0.127. The standard InChI is InChI=1S/C28H24N2O3/c1-17-18(2)28(31)30(15-19-12-13-23-24(14-19)33-16-32-23)27(17)25-21-10-6-7-11-22(21)29-26(25)20-8-4-3-5-9-20/h3-14,27,29H,15-16H2,1-2H3. The van der Waals surface area contributed by atoms with E-state index in [2.05, 4.69) is 42.2 Å². The number of rotatable bonds is 4. The van der Waals surface area contributed by atoms with E-state index >= 15 is 0 Å². The Kier molecular flexibility index (Phi) is 4.50. The average molecular weight is 437 g/mol. The van der Waals surface area contributed by atoms with E-state index in [1.807, 2.05) is 54.3 Å². The molecule has 0 saturated carbocycles. The highest BCUT2D eigenvalue weighted by Crippen LogP contribution is 2.46. The van der Waals surface area contributed by atoms with Crippen LogP contribution in [0.3, 0.4) is 0 Å². The molecule has 164 valence electrons. The summed E-state index contributed by atoms with van der Waals surface area (Å²) in [5.41, 5.74) is 7.28. The first-order valence-corrected chi connectivity index (χ1v) is 11.1. The first-order chi connectivity index (χ1) is 16.1. The highest BCUT2D eigenvalue weighted by Gasteiger charge is 2.38. The van der Waals surface area contributed by atoms with Crippen molar-refractivity contribution in [2.75, 3.05) is 6.79 Å². The number of carbonyl (C=O) groups is 1. The van der Waals surface area contributed by atoms with Crippen molar-refractivity contribution in [2.24, 2.45) is 0 Å². The molecule has 5 heteroatoms. The molecule has 0 radical (unpaired) electrons. The van der Waals surface area contributed by atoms with Gasteiger partial charge in [0.15, 0.2) is 11.5 Å². The van der Waals surface area contributed by atoms with Gasteiger partial charge in [-0.1, -0.05) is 54.6 Å². The number of aromatic nitrogens is 1. The summed E-state index contributed by atoms with van der Waals surface area (Å²) < 4.78 is 11.0. The fourth-order valence-electron chi connectivity index (χ4n) is 4.99. The molecule has 0 spiro atoms. The van der Waals surface area contributed by atoms with Crippen LogP contribution in [0.5, 0.6) is 11.5 Å². The van der Waals surface area contributed by atoms with E-state index in [9.17, 15) is 4.79 Å². The van der Waals surface area contributed by atoms with E-state index in [0.717, 1.165) is 55.9 Å². The van der Waals surface area contributed by atoms with Gasteiger partial charge in [-0.05, 0) is 48.7 Å². The van der Waals surface area contributed by atoms with Crippen molar-refractivity contribution in [1.29, 1.82) is 0 Å². The van der Waals surface area contributed by atoms with Crippen molar-refractivity contribution >= 4 is 16.8 Å². The number of fused-ring (bicyclic) bond motifs is 2. The van der Waals surface area contributed by atoms with Gasteiger partial charge in [-0.3, -0.25) is 4.79 Å². The van der Waals surface area contributed by atoms with Crippen molar-refractivity contribution in [3.05, 3.63) is 95.1 Å². The number of hydrogen-bond acceptors (Lipinski definition) is 3. The van der Waals surface area contributed by atoms with Gasteiger partial charge in [0.2, 0.25) is 6.79 Å². The number of H-pyrrole nitrogens is 1. The first kappa shape index (κ1) is 19.7. The molecule has 5 nitrogen and oxygen atoms in total. The predicted molar refractivity (Wildman–Crippen MR) is 128 cm³/mol. The number of hydrogen-bond donors (Lipinski definition) is 1. The fraction of sp³-hybridized carbons (Fsp3) is 0.179. The monoisotopic (exact) mass is 436 g/mol. The number of amides is 1. The summed E-state index contributed by atoms with van der Waals surface area (Å²) in [6.07, 6.45) is 0. The van der Waals surface area contributed by atoms with Crippen LogP contribution in [0, 0.1) is 0 Å². The Balaban J connectivity index is 1.50. The molecule has 1 amide bonds. The first-order valence-electron chi connectivity index (χ1n) is 11.1. The van der Waals surface area contributed by atoms with Crippen LogP contribution in [0.15, 0.2) is 83.9 Å². The molecule has 0 aliphatic carbocycles. The number of benzene rings is 3. The molecule has 6 rings (SSSR count). The van der Waals surface area contributed by atoms with Crippen molar-refractivity contribution in [3.8, 4) is 22.8 Å². The lowest BCUT2D eigenvalue weighted by atomic mass is 9.93. The molecule has 2 aliphatic heterocycles. The lowest BCUT2D eigenvalue weighted by Gasteiger charge is -2.28. The Hall–Kier alpha value is -3.99. The Labute approximate surface area is 192 Å². The van der Waals surface area contributed by atoms with E-state index in [-0.39, 0.29) is 18.7 Å². The molecule has 0 fully saturated rings. The molecule has 4 aromatic rings. The normalized spacial score (nSPS) is 17.5. The van der Waals surface area contributed by atoms with E-state index in [1.165, 1.54) is 0 Å². The van der Waals surface area contributed by atoms with Crippen molar-refractivity contribution in [3.63, 3.8) is 0 Å². The lowest BCUT2D eigenvalue weighted by Crippen LogP contribution is -2.29. The molecule has 3 heterocycles. The number of aromatic amines is 1. The maximum atomic E-state index is 13.4. The topological polar surface area (TPSA) is 54.6 Å². The van der Waals surface area contributed by atoms with Crippen LogP contribution in [0.25, 0.3) is 22.2 Å². The summed E-state index contributed by atoms with van der Waals surface area (Å²) in [5, 5.41) is 1.14. The van der Waals surface area contributed by atoms with Crippen LogP contribution in [0.1, 0.15) is 31.0 Å². The Bertz CT molecular complexity index is 1420. The predicted octanol–water partition coefficient (Wildman–Crippen LogP) is 5.98. The van der Waals surface area contributed by atoms with Gasteiger partial charge in [0, 0.05) is 28.6 Å². The second-order valence-corrected chi connectivity index (χ2v) is 8.66. The Morgan fingerprint density at radius 2 is 1.70 bits per heavy atom. The SMILES string of the molecule is CC1=C(C)C(c2c(-c3ccccc3)[nH]c3ccccc23)N(Cc2ccc3c(c2)OCO3)C1=O. The zero-order valence-electron chi connectivity index (χ0n) is 18.6. The van der Waals surface area contributed by atoms with Gasteiger partial charge in [0.05, 0.1) is 11.7 Å². The molecule has 0 bridgehead atoms. The molecule has 0 saturated heterocycles. The number of nitrogens with one attached hydrogen (secondary N) is 1. The third-order valence-corrected chi connectivity index (χ3v) is 6.77.